The molecule has 0 radical (unpaired) electrons. The Hall–Kier alpha value is -1.22. The summed E-state index contributed by atoms with van der Waals surface area (Å²) in [5.41, 5.74) is 1.47. The molecular formula is C14H21N3. The molecule has 1 atom stereocenters. The molecule has 1 heterocycles. The highest BCUT2D eigenvalue weighted by Gasteiger charge is 2.19. The van der Waals surface area contributed by atoms with Crippen LogP contribution in [0.3, 0.4) is 0 Å². The molecule has 0 saturated carbocycles. The predicted molar refractivity (Wildman–Crippen MR) is 69.6 cm³/mol. The van der Waals surface area contributed by atoms with E-state index in [0.29, 0.717) is 0 Å². The normalized spacial score (nSPS) is 17.6. The lowest BCUT2D eigenvalue weighted by atomic mass is 9.93. The Bertz CT molecular complexity index is 359. The van der Waals surface area contributed by atoms with E-state index in [1.165, 1.54) is 31.3 Å². The number of nitrogens with zero attached hydrogens (tertiary/aromatic N) is 2. The molecule has 2 rings (SSSR count). The maximum atomic E-state index is 4.39. The van der Waals surface area contributed by atoms with Crippen LogP contribution in [0.25, 0.3) is 0 Å². The van der Waals surface area contributed by atoms with Crippen LogP contribution in [0, 0.1) is 0 Å². The first-order chi connectivity index (χ1) is 8.42. The van der Waals surface area contributed by atoms with Crippen molar-refractivity contribution in [3.05, 3.63) is 35.9 Å². The average molecular weight is 231 g/mol. The van der Waals surface area contributed by atoms with Crippen molar-refractivity contribution in [2.75, 3.05) is 6.54 Å². The Morgan fingerprint density at radius 3 is 2.76 bits per heavy atom. The SMILES string of the molecule is CCCNC(C1=CCCCC1)c1ncccn1. The zero-order chi connectivity index (χ0) is 11.9. The van der Waals surface area contributed by atoms with Crippen LogP contribution >= 0.6 is 0 Å². The Morgan fingerprint density at radius 1 is 1.29 bits per heavy atom. The highest BCUT2D eigenvalue weighted by molar-refractivity contribution is 5.19. The zero-order valence-corrected chi connectivity index (χ0v) is 10.5. The van der Waals surface area contributed by atoms with Crippen molar-refractivity contribution in [3.8, 4) is 0 Å². The van der Waals surface area contributed by atoms with Crippen LogP contribution in [0.15, 0.2) is 30.1 Å². The van der Waals surface area contributed by atoms with Crippen molar-refractivity contribution in [1.82, 2.24) is 15.3 Å². The van der Waals surface area contributed by atoms with E-state index in [2.05, 4.69) is 28.3 Å². The van der Waals surface area contributed by atoms with Gasteiger partial charge in [0.2, 0.25) is 0 Å². The highest BCUT2D eigenvalue weighted by Crippen LogP contribution is 2.27. The number of hydrogen-bond donors (Lipinski definition) is 1. The number of nitrogens with one attached hydrogen (secondary N) is 1. The van der Waals surface area contributed by atoms with Crippen LogP contribution in [0.4, 0.5) is 0 Å². The average Bonchev–Trinajstić information content (AvgIpc) is 2.42. The third kappa shape index (κ3) is 3.37. The van der Waals surface area contributed by atoms with E-state index in [-0.39, 0.29) is 6.04 Å². The van der Waals surface area contributed by atoms with E-state index in [4.69, 9.17) is 0 Å². The lowest BCUT2D eigenvalue weighted by Crippen LogP contribution is -2.26. The third-order valence-electron chi connectivity index (χ3n) is 3.14. The zero-order valence-electron chi connectivity index (χ0n) is 10.5. The van der Waals surface area contributed by atoms with E-state index in [9.17, 15) is 0 Å². The molecule has 17 heavy (non-hydrogen) atoms. The molecule has 0 aliphatic heterocycles. The van der Waals surface area contributed by atoms with Gasteiger partial charge in [0.1, 0.15) is 5.82 Å². The molecule has 1 aromatic heterocycles. The summed E-state index contributed by atoms with van der Waals surface area (Å²) in [5.74, 6) is 0.911. The minimum atomic E-state index is 0.219. The Balaban J connectivity index is 2.15. The molecule has 92 valence electrons. The molecule has 1 aliphatic carbocycles. The standard InChI is InChI=1S/C14H21N3/c1-2-9-15-13(12-7-4-3-5-8-12)14-16-10-6-11-17-14/h6-7,10-11,13,15H,2-5,8-9H2,1H3. The van der Waals surface area contributed by atoms with Gasteiger partial charge in [-0.1, -0.05) is 13.0 Å². The fourth-order valence-electron chi connectivity index (χ4n) is 2.26. The number of allylic oxidation sites excluding steroid dienone is 1. The second-order valence-corrected chi connectivity index (χ2v) is 4.52. The monoisotopic (exact) mass is 231 g/mol. The van der Waals surface area contributed by atoms with Crippen molar-refractivity contribution >= 4 is 0 Å². The van der Waals surface area contributed by atoms with Gasteiger partial charge in [0, 0.05) is 12.4 Å². The summed E-state index contributed by atoms with van der Waals surface area (Å²) in [6, 6.07) is 2.09. The molecule has 1 aromatic rings. The fourth-order valence-corrected chi connectivity index (χ4v) is 2.26. The van der Waals surface area contributed by atoms with Gasteiger partial charge in [0.05, 0.1) is 6.04 Å². The van der Waals surface area contributed by atoms with Crippen LogP contribution in [-0.4, -0.2) is 16.5 Å². The summed E-state index contributed by atoms with van der Waals surface area (Å²) in [5, 5.41) is 3.56. The van der Waals surface area contributed by atoms with Gasteiger partial charge in [0.15, 0.2) is 0 Å². The molecule has 3 heteroatoms. The second-order valence-electron chi connectivity index (χ2n) is 4.52. The topological polar surface area (TPSA) is 37.8 Å². The summed E-state index contributed by atoms with van der Waals surface area (Å²) >= 11 is 0. The Labute approximate surface area is 103 Å². The second kappa shape index (κ2) is 6.50. The minimum absolute atomic E-state index is 0.219. The predicted octanol–water partition coefficient (Wildman–Crippen LogP) is 3.02. The quantitative estimate of drug-likeness (QED) is 0.792. The summed E-state index contributed by atoms with van der Waals surface area (Å²) in [6.07, 6.45) is 12.2. The van der Waals surface area contributed by atoms with E-state index in [0.717, 1.165) is 18.8 Å². The lowest BCUT2D eigenvalue weighted by Gasteiger charge is -2.23. The first-order valence-electron chi connectivity index (χ1n) is 6.61. The minimum Gasteiger partial charge on any atom is -0.304 e. The van der Waals surface area contributed by atoms with Gasteiger partial charge < -0.3 is 5.32 Å². The lowest BCUT2D eigenvalue weighted by molar-refractivity contribution is 0.526. The Kier molecular flexibility index (Phi) is 4.68. The summed E-state index contributed by atoms with van der Waals surface area (Å²) in [7, 11) is 0. The molecule has 1 aliphatic rings. The van der Waals surface area contributed by atoms with Gasteiger partial charge in [-0.3, -0.25) is 0 Å². The number of aromatic nitrogens is 2. The van der Waals surface area contributed by atoms with E-state index in [1.54, 1.807) is 0 Å². The summed E-state index contributed by atoms with van der Waals surface area (Å²) < 4.78 is 0. The van der Waals surface area contributed by atoms with Gasteiger partial charge in [-0.25, -0.2) is 9.97 Å². The van der Waals surface area contributed by atoms with Gasteiger partial charge in [-0.2, -0.15) is 0 Å². The molecule has 0 spiro atoms. The molecule has 1 N–H and O–H groups in total. The molecule has 0 amide bonds. The third-order valence-corrected chi connectivity index (χ3v) is 3.14. The van der Waals surface area contributed by atoms with Crippen LogP contribution in [0.5, 0.6) is 0 Å². The van der Waals surface area contributed by atoms with Crippen LogP contribution in [0.2, 0.25) is 0 Å². The maximum Gasteiger partial charge on any atom is 0.149 e. The largest absolute Gasteiger partial charge is 0.304 e. The molecule has 0 bridgehead atoms. The van der Waals surface area contributed by atoms with Gasteiger partial charge in [-0.05, 0) is 50.3 Å². The molecule has 1 unspecified atom stereocenters. The fraction of sp³-hybridized carbons (Fsp3) is 0.571. The van der Waals surface area contributed by atoms with Gasteiger partial charge in [0.25, 0.3) is 0 Å². The van der Waals surface area contributed by atoms with E-state index < -0.39 is 0 Å². The smallest absolute Gasteiger partial charge is 0.149 e. The highest BCUT2D eigenvalue weighted by atomic mass is 15.0. The summed E-state index contributed by atoms with van der Waals surface area (Å²) in [4.78, 5) is 8.79. The molecule has 0 fully saturated rings. The van der Waals surface area contributed by atoms with Gasteiger partial charge in [-0.15, -0.1) is 0 Å². The maximum absolute atomic E-state index is 4.39. The van der Waals surface area contributed by atoms with Crippen LogP contribution in [-0.2, 0) is 0 Å². The van der Waals surface area contributed by atoms with Crippen LogP contribution < -0.4 is 5.32 Å². The number of hydrogen-bond acceptors (Lipinski definition) is 3. The van der Waals surface area contributed by atoms with Crippen molar-refractivity contribution < 1.29 is 0 Å². The first-order valence-corrected chi connectivity index (χ1v) is 6.61. The summed E-state index contributed by atoms with van der Waals surface area (Å²) in [6.45, 7) is 3.20. The molecule has 0 saturated heterocycles. The van der Waals surface area contributed by atoms with Crippen molar-refractivity contribution in [2.45, 2.75) is 45.1 Å². The van der Waals surface area contributed by atoms with Crippen molar-refractivity contribution in [1.29, 1.82) is 0 Å². The first kappa shape index (κ1) is 12.2. The van der Waals surface area contributed by atoms with Gasteiger partial charge >= 0.3 is 0 Å². The number of rotatable bonds is 5. The van der Waals surface area contributed by atoms with Crippen LogP contribution in [0.1, 0.15) is 50.9 Å². The van der Waals surface area contributed by atoms with E-state index in [1.807, 2.05) is 18.5 Å². The molecule has 0 aromatic carbocycles. The van der Waals surface area contributed by atoms with E-state index >= 15 is 0 Å². The Morgan fingerprint density at radius 2 is 2.12 bits per heavy atom. The molecule has 3 nitrogen and oxygen atoms in total. The molecular weight excluding hydrogens is 210 g/mol. The van der Waals surface area contributed by atoms with Crippen molar-refractivity contribution in [3.63, 3.8) is 0 Å². The van der Waals surface area contributed by atoms with Crippen molar-refractivity contribution in [2.24, 2.45) is 0 Å².